The minimum absolute atomic E-state index is 0.0682. The van der Waals surface area contributed by atoms with Crippen molar-refractivity contribution in [2.45, 2.75) is 6.54 Å². The predicted octanol–water partition coefficient (Wildman–Crippen LogP) is 4.34. The molecule has 0 radical (unpaired) electrons. The minimum Gasteiger partial charge on any atom is -0.347 e. The minimum atomic E-state index is -0.572. The fraction of sp³-hybridized carbons (Fsp3) is 0.0435. The first kappa shape index (κ1) is 21.7. The van der Waals surface area contributed by atoms with Crippen molar-refractivity contribution in [3.8, 4) is 0 Å². The second-order valence-corrected chi connectivity index (χ2v) is 6.92. The van der Waals surface area contributed by atoms with Gasteiger partial charge in [-0.3, -0.25) is 19.7 Å². The van der Waals surface area contributed by atoms with E-state index in [1.54, 1.807) is 24.3 Å². The van der Waals surface area contributed by atoms with E-state index in [1.165, 1.54) is 30.3 Å². The van der Waals surface area contributed by atoms with Crippen LogP contribution in [0.4, 0.5) is 5.69 Å². The number of hydrogen-bond donors (Lipinski definition) is 2. The number of nitro benzene ring substituents is 1. The van der Waals surface area contributed by atoms with Crippen molar-refractivity contribution in [2.75, 3.05) is 0 Å². The molecule has 7 nitrogen and oxygen atoms in total. The van der Waals surface area contributed by atoms with Crippen molar-refractivity contribution >= 4 is 35.2 Å². The van der Waals surface area contributed by atoms with Gasteiger partial charge in [-0.25, -0.2) is 0 Å². The first-order chi connectivity index (χ1) is 14.9. The number of rotatable bonds is 7. The van der Waals surface area contributed by atoms with E-state index < -0.39 is 16.7 Å². The molecule has 156 valence electrons. The summed E-state index contributed by atoms with van der Waals surface area (Å²) in [6.07, 6.45) is 1.38. The van der Waals surface area contributed by atoms with Crippen LogP contribution in [0.3, 0.4) is 0 Å². The van der Waals surface area contributed by atoms with Crippen LogP contribution in [0.2, 0.25) is 5.02 Å². The Morgan fingerprint density at radius 2 is 1.68 bits per heavy atom. The van der Waals surface area contributed by atoms with Crippen molar-refractivity contribution in [1.29, 1.82) is 0 Å². The Morgan fingerprint density at radius 1 is 0.968 bits per heavy atom. The number of carbonyl (C=O) groups excluding carboxylic acids is 2. The summed E-state index contributed by atoms with van der Waals surface area (Å²) < 4.78 is 0. The average molecular weight is 436 g/mol. The van der Waals surface area contributed by atoms with Crippen LogP contribution in [-0.2, 0) is 11.3 Å². The topological polar surface area (TPSA) is 101 Å². The number of non-ortho nitro benzene ring substituents is 1. The summed E-state index contributed by atoms with van der Waals surface area (Å²) in [5, 5.41) is 16.6. The highest BCUT2D eigenvalue weighted by Gasteiger charge is 2.17. The van der Waals surface area contributed by atoms with Crippen molar-refractivity contribution in [3.63, 3.8) is 0 Å². The Kier molecular flexibility index (Phi) is 7.13. The number of hydrogen-bond acceptors (Lipinski definition) is 4. The van der Waals surface area contributed by atoms with Gasteiger partial charge in [0.05, 0.1) is 15.5 Å². The summed E-state index contributed by atoms with van der Waals surface area (Å²) in [5.74, 6) is -1.12. The first-order valence-electron chi connectivity index (χ1n) is 9.28. The zero-order valence-corrected chi connectivity index (χ0v) is 17.0. The van der Waals surface area contributed by atoms with Crippen LogP contribution in [0.25, 0.3) is 6.08 Å². The molecule has 0 bridgehead atoms. The number of amides is 2. The molecule has 0 saturated heterocycles. The Labute approximate surface area is 183 Å². The third kappa shape index (κ3) is 6.01. The predicted molar refractivity (Wildman–Crippen MR) is 118 cm³/mol. The SMILES string of the molecule is O=C(NCc1ccccc1)C(=Cc1cccc([N+](=O)[O-])c1)NC(=O)c1ccccc1Cl. The third-order valence-corrected chi connectivity index (χ3v) is 4.63. The average Bonchev–Trinajstić information content (AvgIpc) is 2.78. The molecule has 31 heavy (non-hydrogen) atoms. The molecule has 2 amide bonds. The lowest BCUT2D eigenvalue weighted by Gasteiger charge is -2.12. The molecule has 0 spiro atoms. The Balaban J connectivity index is 1.88. The molecule has 0 aliphatic heterocycles. The Bertz CT molecular complexity index is 1150. The fourth-order valence-electron chi connectivity index (χ4n) is 2.76. The lowest BCUT2D eigenvalue weighted by atomic mass is 10.1. The molecule has 0 atom stereocenters. The van der Waals surface area contributed by atoms with Gasteiger partial charge in [0.1, 0.15) is 5.70 Å². The Hall–Kier alpha value is -3.97. The molecular formula is C23H18ClN3O4. The van der Waals surface area contributed by atoms with E-state index in [1.807, 2.05) is 30.3 Å². The van der Waals surface area contributed by atoms with Crippen LogP contribution in [0, 0.1) is 10.1 Å². The van der Waals surface area contributed by atoms with Gasteiger partial charge in [-0.1, -0.05) is 66.2 Å². The van der Waals surface area contributed by atoms with Gasteiger partial charge in [-0.05, 0) is 29.3 Å². The van der Waals surface area contributed by atoms with Gasteiger partial charge in [-0.2, -0.15) is 0 Å². The maximum Gasteiger partial charge on any atom is 0.270 e. The molecule has 0 saturated carbocycles. The summed E-state index contributed by atoms with van der Waals surface area (Å²) >= 11 is 6.08. The highest BCUT2D eigenvalue weighted by molar-refractivity contribution is 6.34. The van der Waals surface area contributed by atoms with Gasteiger partial charge in [0.25, 0.3) is 17.5 Å². The summed E-state index contributed by atoms with van der Waals surface area (Å²) in [6.45, 7) is 0.244. The highest BCUT2D eigenvalue weighted by Crippen LogP contribution is 2.17. The van der Waals surface area contributed by atoms with E-state index in [9.17, 15) is 19.7 Å². The molecule has 3 rings (SSSR count). The van der Waals surface area contributed by atoms with Gasteiger partial charge in [0.15, 0.2) is 0 Å². The lowest BCUT2D eigenvalue weighted by molar-refractivity contribution is -0.384. The van der Waals surface area contributed by atoms with Crippen molar-refractivity contribution < 1.29 is 14.5 Å². The molecule has 0 heterocycles. The van der Waals surface area contributed by atoms with Gasteiger partial charge < -0.3 is 10.6 Å². The molecular weight excluding hydrogens is 418 g/mol. The zero-order chi connectivity index (χ0) is 22.2. The third-order valence-electron chi connectivity index (χ3n) is 4.30. The van der Waals surface area contributed by atoms with Crippen molar-refractivity contribution in [3.05, 3.63) is 116 Å². The molecule has 0 aliphatic carbocycles. The second-order valence-electron chi connectivity index (χ2n) is 6.51. The van der Waals surface area contributed by atoms with Crippen LogP contribution in [-0.4, -0.2) is 16.7 Å². The van der Waals surface area contributed by atoms with E-state index in [0.717, 1.165) is 5.56 Å². The number of nitrogens with one attached hydrogen (secondary N) is 2. The number of nitrogens with zero attached hydrogens (tertiary/aromatic N) is 1. The summed E-state index contributed by atoms with van der Waals surface area (Å²) in [4.78, 5) is 36.0. The molecule has 0 aromatic heterocycles. The standard InChI is InChI=1S/C23H18ClN3O4/c24-20-12-5-4-11-19(20)22(28)26-21(14-17-9-6-10-18(13-17)27(30)31)23(29)25-15-16-7-2-1-3-8-16/h1-14H,15H2,(H,25,29)(H,26,28). The molecule has 2 N–H and O–H groups in total. The van der Waals surface area contributed by atoms with E-state index in [2.05, 4.69) is 10.6 Å². The largest absolute Gasteiger partial charge is 0.347 e. The summed E-state index contributed by atoms with van der Waals surface area (Å²) in [7, 11) is 0. The molecule has 0 fully saturated rings. The van der Waals surface area contributed by atoms with Gasteiger partial charge in [0.2, 0.25) is 0 Å². The number of benzene rings is 3. The number of halogens is 1. The van der Waals surface area contributed by atoms with Crippen LogP contribution in [0.15, 0.2) is 84.6 Å². The lowest BCUT2D eigenvalue weighted by Crippen LogP contribution is -2.34. The number of nitro groups is 1. The van der Waals surface area contributed by atoms with Crippen molar-refractivity contribution in [1.82, 2.24) is 10.6 Å². The van der Waals surface area contributed by atoms with Crippen LogP contribution in [0.1, 0.15) is 21.5 Å². The van der Waals surface area contributed by atoms with E-state index >= 15 is 0 Å². The summed E-state index contributed by atoms with van der Waals surface area (Å²) in [6, 6.07) is 21.5. The number of carbonyl (C=O) groups is 2. The first-order valence-corrected chi connectivity index (χ1v) is 9.66. The van der Waals surface area contributed by atoms with Gasteiger partial charge >= 0.3 is 0 Å². The molecule has 3 aromatic carbocycles. The van der Waals surface area contributed by atoms with E-state index in [-0.39, 0.29) is 28.5 Å². The van der Waals surface area contributed by atoms with Gasteiger partial charge in [0, 0.05) is 18.7 Å². The maximum absolute atomic E-state index is 12.8. The fourth-order valence-corrected chi connectivity index (χ4v) is 2.98. The van der Waals surface area contributed by atoms with Crippen LogP contribution in [0.5, 0.6) is 0 Å². The second kappa shape index (κ2) is 10.2. The molecule has 0 unspecified atom stereocenters. The summed E-state index contributed by atoms with van der Waals surface area (Å²) in [5.41, 5.74) is 1.27. The van der Waals surface area contributed by atoms with Crippen LogP contribution < -0.4 is 10.6 Å². The normalized spacial score (nSPS) is 10.9. The highest BCUT2D eigenvalue weighted by atomic mass is 35.5. The Morgan fingerprint density at radius 3 is 2.39 bits per heavy atom. The molecule has 8 heteroatoms. The smallest absolute Gasteiger partial charge is 0.270 e. The maximum atomic E-state index is 12.8. The monoisotopic (exact) mass is 435 g/mol. The van der Waals surface area contributed by atoms with Crippen molar-refractivity contribution in [2.24, 2.45) is 0 Å². The molecule has 3 aromatic rings. The molecule has 0 aliphatic rings. The van der Waals surface area contributed by atoms with E-state index in [0.29, 0.717) is 5.56 Å². The van der Waals surface area contributed by atoms with Gasteiger partial charge in [-0.15, -0.1) is 0 Å². The van der Waals surface area contributed by atoms with E-state index in [4.69, 9.17) is 11.6 Å². The van der Waals surface area contributed by atoms with Crippen LogP contribution >= 0.6 is 11.6 Å². The quantitative estimate of drug-likeness (QED) is 0.327. The zero-order valence-electron chi connectivity index (χ0n) is 16.2.